The molecule has 1 aromatic rings. The smallest absolute Gasteiger partial charge is 0.554 e. The van der Waals surface area contributed by atoms with Crippen molar-refractivity contribution >= 4 is 6.47 Å². The molecule has 18 heavy (non-hydrogen) atoms. The Kier molecular flexibility index (Phi) is 18.2. The summed E-state index contributed by atoms with van der Waals surface area (Å²) in [5.41, 5.74) is 0. The number of carboxylic acid groups (broad SMARTS) is 1. The van der Waals surface area contributed by atoms with Gasteiger partial charge in [0.1, 0.15) is 5.75 Å². The van der Waals surface area contributed by atoms with Crippen LogP contribution in [0, 0.1) is 0 Å². The summed E-state index contributed by atoms with van der Waals surface area (Å²) in [4.78, 5) is 8.25. The number of carbonyl (C=O) groups excluding carboxylic acids is 1. The number of rotatable bonds is 7. The molecule has 0 aliphatic carbocycles. The summed E-state index contributed by atoms with van der Waals surface area (Å²) in [6.45, 7) is 2.59. The van der Waals surface area contributed by atoms with E-state index in [0.717, 1.165) is 12.4 Å². The maximum absolute atomic E-state index is 8.25. The third-order valence-corrected chi connectivity index (χ3v) is 2.26. The van der Waals surface area contributed by atoms with Gasteiger partial charge in [0, 0.05) is 6.47 Å². The van der Waals surface area contributed by atoms with Gasteiger partial charge in [0.25, 0.3) is 0 Å². The zero-order valence-corrected chi connectivity index (χ0v) is 13.4. The van der Waals surface area contributed by atoms with E-state index in [-0.39, 0.29) is 29.6 Å². The van der Waals surface area contributed by atoms with Gasteiger partial charge in [0.05, 0.1) is 6.61 Å². The van der Waals surface area contributed by atoms with Crippen LogP contribution in [-0.4, -0.2) is 13.1 Å². The van der Waals surface area contributed by atoms with Crippen LogP contribution in [0.2, 0.25) is 0 Å². The summed E-state index contributed by atoms with van der Waals surface area (Å²) < 4.78 is 5.59. The van der Waals surface area contributed by atoms with E-state index in [1.54, 1.807) is 0 Å². The standard InChI is InChI=1S/C13H20O.CH2O2.Na/c1-2-3-4-5-9-12-14-13-10-7-6-8-11-13;2-1-3;/h6-8,10-11H,2-5,9,12H2,1H3;1H,(H,2,3);/q;;+1/p-1. The van der Waals surface area contributed by atoms with Gasteiger partial charge in [-0.3, -0.25) is 0 Å². The van der Waals surface area contributed by atoms with Crippen LogP contribution < -0.4 is 39.4 Å². The maximum atomic E-state index is 8.25. The summed E-state index contributed by atoms with van der Waals surface area (Å²) >= 11 is 0. The molecule has 1 aromatic carbocycles. The van der Waals surface area contributed by atoms with E-state index in [4.69, 9.17) is 14.6 Å². The van der Waals surface area contributed by atoms with E-state index in [2.05, 4.69) is 6.92 Å². The maximum Gasteiger partial charge on any atom is 1.00 e. The minimum Gasteiger partial charge on any atom is -0.554 e. The molecule has 0 atom stereocenters. The third-order valence-electron chi connectivity index (χ3n) is 2.26. The zero-order chi connectivity index (χ0) is 12.8. The number of ether oxygens (including phenoxy) is 1. The van der Waals surface area contributed by atoms with Crippen molar-refractivity contribution in [2.75, 3.05) is 6.61 Å². The van der Waals surface area contributed by atoms with Crippen LogP contribution in [0.5, 0.6) is 5.75 Å². The van der Waals surface area contributed by atoms with Crippen LogP contribution in [0.15, 0.2) is 30.3 Å². The van der Waals surface area contributed by atoms with Crippen molar-refractivity contribution in [1.82, 2.24) is 0 Å². The predicted octanol–water partition coefficient (Wildman–Crippen LogP) is -0.594. The molecule has 0 N–H and O–H groups in total. The molecule has 0 saturated carbocycles. The number of carbonyl (C=O) groups is 1. The molecule has 0 bridgehead atoms. The Morgan fingerprint density at radius 3 is 2.22 bits per heavy atom. The number of benzene rings is 1. The summed E-state index contributed by atoms with van der Waals surface area (Å²) in [7, 11) is 0. The van der Waals surface area contributed by atoms with Crippen molar-refractivity contribution in [1.29, 1.82) is 0 Å². The fourth-order valence-corrected chi connectivity index (χ4v) is 1.41. The third kappa shape index (κ3) is 13.6. The molecular weight excluding hydrogens is 239 g/mol. The SMILES string of the molecule is CCCCCCCOc1ccccc1.O=C[O-].[Na+]. The number of para-hydroxylation sites is 1. The fourth-order valence-electron chi connectivity index (χ4n) is 1.41. The van der Waals surface area contributed by atoms with Crippen LogP contribution in [0.4, 0.5) is 0 Å². The van der Waals surface area contributed by atoms with Gasteiger partial charge in [-0.05, 0) is 18.6 Å². The van der Waals surface area contributed by atoms with Crippen LogP contribution in [0.3, 0.4) is 0 Å². The van der Waals surface area contributed by atoms with Crippen molar-refractivity contribution in [3.63, 3.8) is 0 Å². The van der Waals surface area contributed by atoms with E-state index in [1.165, 1.54) is 32.1 Å². The molecule has 1 rings (SSSR count). The quantitative estimate of drug-likeness (QED) is 0.374. The minimum atomic E-state index is -0.500. The van der Waals surface area contributed by atoms with Gasteiger partial charge in [0.2, 0.25) is 0 Å². The summed E-state index contributed by atoms with van der Waals surface area (Å²) in [6, 6.07) is 10.0. The van der Waals surface area contributed by atoms with Crippen molar-refractivity contribution in [3.8, 4) is 5.75 Å². The van der Waals surface area contributed by atoms with Crippen molar-refractivity contribution < 1.29 is 44.2 Å². The molecule has 0 saturated heterocycles. The van der Waals surface area contributed by atoms with Gasteiger partial charge >= 0.3 is 29.6 Å². The molecule has 0 aliphatic heterocycles. The predicted molar refractivity (Wildman–Crippen MR) is 66.8 cm³/mol. The van der Waals surface area contributed by atoms with Crippen LogP contribution in [0.1, 0.15) is 39.0 Å². The molecule has 0 unspecified atom stereocenters. The summed E-state index contributed by atoms with van der Waals surface area (Å²) in [5, 5.41) is 8.25. The topological polar surface area (TPSA) is 49.4 Å². The van der Waals surface area contributed by atoms with E-state index < -0.39 is 6.47 Å². The van der Waals surface area contributed by atoms with Crippen molar-refractivity contribution in [2.24, 2.45) is 0 Å². The molecule has 3 nitrogen and oxygen atoms in total. The summed E-state index contributed by atoms with van der Waals surface area (Å²) in [6.07, 6.45) is 6.47. The minimum absolute atomic E-state index is 0. The Morgan fingerprint density at radius 2 is 1.67 bits per heavy atom. The Morgan fingerprint density at radius 1 is 1.11 bits per heavy atom. The first-order chi connectivity index (χ1) is 8.35. The molecule has 0 aromatic heterocycles. The van der Waals surface area contributed by atoms with Crippen molar-refractivity contribution in [3.05, 3.63) is 30.3 Å². The first kappa shape index (κ1) is 19.8. The van der Waals surface area contributed by atoms with Crippen molar-refractivity contribution in [2.45, 2.75) is 39.0 Å². The molecule has 0 amide bonds. The van der Waals surface area contributed by atoms with Gasteiger partial charge in [-0.1, -0.05) is 50.8 Å². The monoisotopic (exact) mass is 260 g/mol. The zero-order valence-electron chi connectivity index (χ0n) is 11.4. The number of unbranched alkanes of at least 4 members (excludes halogenated alkanes) is 4. The molecule has 0 spiro atoms. The molecule has 96 valence electrons. The largest absolute Gasteiger partial charge is 1.00 e. The van der Waals surface area contributed by atoms with Gasteiger partial charge in [0.15, 0.2) is 0 Å². The van der Waals surface area contributed by atoms with E-state index >= 15 is 0 Å². The fraction of sp³-hybridized carbons (Fsp3) is 0.500. The molecular formula is C14H21NaO3. The first-order valence-electron chi connectivity index (χ1n) is 6.08. The molecule has 0 aliphatic rings. The Labute approximate surface area is 132 Å². The van der Waals surface area contributed by atoms with Crippen LogP contribution >= 0.6 is 0 Å². The normalized spacial score (nSPS) is 8.50. The second-order valence-electron chi connectivity index (χ2n) is 3.67. The van der Waals surface area contributed by atoms with Crippen LogP contribution in [0.25, 0.3) is 0 Å². The van der Waals surface area contributed by atoms with Crippen LogP contribution in [-0.2, 0) is 4.79 Å². The van der Waals surface area contributed by atoms with Gasteiger partial charge in [-0.2, -0.15) is 0 Å². The van der Waals surface area contributed by atoms with E-state index in [0.29, 0.717) is 0 Å². The number of hydrogen-bond donors (Lipinski definition) is 0. The number of hydrogen-bond acceptors (Lipinski definition) is 3. The summed E-state index contributed by atoms with van der Waals surface area (Å²) in [5.74, 6) is 0.989. The first-order valence-corrected chi connectivity index (χ1v) is 6.08. The molecule has 4 heteroatoms. The van der Waals surface area contributed by atoms with Gasteiger partial charge in [-0.15, -0.1) is 0 Å². The van der Waals surface area contributed by atoms with E-state index in [9.17, 15) is 0 Å². The van der Waals surface area contributed by atoms with E-state index in [1.807, 2.05) is 30.3 Å². The van der Waals surface area contributed by atoms with Gasteiger partial charge in [-0.25, -0.2) is 0 Å². The molecule has 0 fully saturated rings. The average Bonchev–Trinajstić information content (AvgIpc) is 2.36. The molecule has 0 radical (unpaired) electrons. The Balaban J connectivity index is 0. The van der Waals surface area contributed by atoms with Gasteiger partial charge < -0.3 is 14.6 Å². The average molecular weight is 260 g/mol. The molecule has 0 heterocycles. The second kappa shape index (κ2) is 16.5. The second-order valence-corrected chi connectivity index (χ2v) is 3.67. The Hall–Kier alpha value is -0.510. The Bertz CT molecular complexity index is 265.